The number of hydrogen-bond donors (Lipinski definition) is 5. The Hall–Kier alpha value is -2.59. The van der Waals surface area contributed by atoms with Crippen molar-refractivity contribution in [2.24, 2.45) is 5.73 Å². The first-order valence-corrected chi connectivity index (χ1v) is 9.97. The predicted molar refractivity (Wildman–Crippen MR) is 106 cm³/mol. The van der Waals surface area contributed by atoms with Gasteiger partial charge in [-0.2, -0.15) is 0 Å². The van der Waals surface area contributed by atoms with Gasteiger partial charge in [0.1, 0.15) is 5.82 Å². The van der Waals surface area contributed by atoms with Gasteiger partial charge in [-0.25, -0.2) is 9.37 Å². The second-order valence-corrected chi connectivity index (χ2v) is 7.72. The molecule has 8 nitrogen and oxygen atoms in total. The third-order valence-electron chi connectivity index (χ3n) is 4.55. The van der Waals surface area contributed by atoms with E-state index in [0.29, 0.717) is 29.6 Å². The number of benzene rings is 1. The molecular weight excluding hydrogens is 383 g/mol. The van der Waals surface area contributed by atoms with Crippen LogP contribution in [0.5, 0.6) is 0 Å². The first kappa shape index (κ1) is 20.2. The van der Waals surface area contributed by atoms with Crippen LogP contribution in [0.25, 0.3) is 10.2 Å². The van der Waals surface area contributed by atoms with Crippen molar-refractivity contribution in [1.82, 2.24) is 20.9 Å². The summed E-state index contributed by atoms with van der Waals surface area (Å²) in [6.45, 7) is 1.27. The van der Waals surface area contributed by atoms with Crippen molar-refractivity contribution in [3.63, 3.8) is 0 Å². The van der Waals surface area contributed by atoms with Gasteiger partial charge >= 0.3 is 0 Å². The molecule has 2 aromatic rings. The van der Waals surface area contributed by atoms with E-state index in [4.69, 9.17) is 11.1 Å². The highest BCUT2D eigenvalue weighted by Crippen LogP contribution is 2.24. The molecule has 1 saturated heterocycles. The molecule has 1 aromatic heterocycles. The van der Waals surface area contributed by atoms with Crippen LogP contribution in [-0.4, -0.2) is 47.8 Å². The van der Waals surface area contributed by atoms with Crippen LogP contribution in [0.2, 0.25) is 0 Å². The molecule has 0 aliphatic carbocycles. The zero-order chi connectivity index (χ0) is 20.1. The maximum absolute atomic E-state index is 13.4. The Morgan fingerprint density at radius 3 is 3.00 bits per heavy atom. The second-order valence-electron chi connectivity index (χ2n) is 6.69. The van der Waals surface area contributed by atoms with E-state index in [1.54, 1.807) is 0 Å². The van der Waals surface area contributed by atoms with Crippen LogP contribution in [-0.2, 0) is 4.79 Å². The van der Waals surface area contributed by atoms with Crippen molar-refractivity contribution < 1.29 is 14.0 Å². The fourth-order valence-electron chi connectivity index (χ4n) is 3.16. The number of halogens is 1. The molecule has 1 amide bonds. The Bertz CT molecular complexity index is 880. The normalized spacial score (nSPS) is 17.4. The van der Waals surface area contributed by atoms with Gasteiger partial charge < -0.3 is 21.7 Å². The van der Waals surface area contributed by atoms with Gasteiger partial charge in [-0.3, -0.25) is 15.0 Å². The van der Waals surface area contributed by atoms with Crippen molar-refractivity contribution in [2.45, 2.75) is 37.8 Å². The van der Waals surface area contributed by atoms with Crippen LogP contribution < -0.4 is 21.7 Å². The summed E-state index contributed by atoms with van der Waals surface area (Å²) in [7, 11) is 0. The predicted octanol–water partition coefficient (Wildman–Crippen LogP) is 1.12. The van der Waals surface area contributed by atoms with Crippen molar-refractivity contribution in [3.8, 4) is 0 Å². The summed E-state index contributed by atoms with van der Waals surface area (Å²) >= 11 is 1.11. The maximum atomic E-state index is 13.4. The van der Waals surface area contributed by atoms with E-state index in [9.17, 15) is 14.0 Å². The molecule has 1 aliphatic rings. The molecule has 150 valence electrons. The number of nitrogens with one attached hydrogen (secondary N) is 4. The topological polar surface area (TPSA) is 133 Å². The standard InChI is InChI=1S/C18H23FN6O2S/c19-10-5-6-11-14(9-10)28-17(24-11)15(26)12(25-18(20)21)3-1-8-23-16(27)13-4-2-7-22-13/h5-6,9,12-13,22H,1-4,7-8H2,(H,23,27)(H4,20,21,25)/t12?,13-/m0/s1. The first-order chi connectivity index (χ1) is 13.4. The highest BCUT2D eigenvalue weighted by atomic mass is 32.1. The average Bonchev–Trinajstić information content (AvgIpc) is 3.32. The summed E-state index contributed by atoms with van der Waals surface area (Å²) in [6.07, 6.45) is 2.73. The molecule has 3 rings (SSSR count). The Morgan fingerprint density at radius 1 is 1.46 bits per heavy atom. The molecular formula is C18H23FN6O2S. The fourth-order valence-corrected chi connectivity index (χ4v) is 4.14. The first-order valence-electron chi connectivity index (χ1n) is 9.16. The number of guanidine groups is 1. The molecule has 2 atom stereocenters. The van der Waals surface area contributed by atoms with Gasteiger partial charge in [-0.05, 0) is 50.4 Å². The van der Waals surface area contributed by atoms with Crippen LogP contribution in [0.3, 0.4) is 0 Å². The summed E-state index contributed by atoms with van der Waals surface area (Å²) in [5.74, 6) is -1.04. The molecule has 0 radical (unpaired) electrons. The van der Waals surface area contributed by atoms with Crippen LogP contribution >= 0.6 is 11.3 Å². The van der Waals surface area contributed by atoms with E-state index in [1.165, 1.54) is 18.2 Å². The SMILES string of the molecule is N=C(N)NC(CCCNC(=O)[C@@H]1CCCN1)C(=O)c1nc2ccc(F)cc2s1. The maximum Gasteiger partial charge on any atom is 0.237 e. The van der Waals surface area contributed by atoms with E-state index >= 15 is 0 Å². The lowest BCUT2D eigenvalue weighted by Crippen LogP contribution is -2.45. The number of carbonyl (C=O) groups is 2. The quantitative estimate of drug-likeness (QED) is 0.193. The molecule has 1 unspecified atom stereocenters. The molecule has 10 heteroatoms. The van der Waals surface area contributed by atoms with E-state index in [-0.39, 0.29) is 34.5 Å². The van der Waals surface area contributed by atoms with Gasteiger partial charge in [-0.1, -0.05) is 0 Å². The smallest absolute Gasteiger partial charge is 0.237 e. The number of ketones is 1. The molecule has 6 N–H and O–H groups in total. The third-order valence-corrected chi connectivity index (χ3v) is 5.59. The largest absolute Gasteiger partial charge is 0.370 e. The number of nitrogens with two attached hydrogens (primary N) is 1. The third kappa shape index (κ3) is 5.02. The van der Waals surface area contributed by atoms with Gasteiger partial charge in [0.2, 0.25) is 11.7 Å². The molecule has 0 saturated carbocycles. The minimum Gasteiger partial charge on any atom is -0.370 e. The fraction of sp³-hybridized carbons (Fsp3) is 0.444. The van der Waals surface area contributed by atoms with Crippen molar-refractivity contribution >= 4 is 39.2 Å². The number of hydrogen-bond acceptors (Lipinski definition) is 6. The van der Waals surface area contributed by atoms with Crippen molar-refractivity contribution in [3.05, 3.63) is 29.0 Å². The van der Waals surface area contributed by atoms with Crippen LogP contribution in [0, 0.1) is 11.2 Å². The lowest BCUT2D eigenvalue weighted by atomic mass is 10.1. The van der Waals surface area contributed by atoms with E-state index in [0.717, 1.165) is 30.7 Å². The number of rotatable bonds is 8. The van der Waals surface area contributed by atoms with Gasteiger partial charge in [0.15, 0.2) is 11.0 Å². The highest BCUT2D eigenvalue weighted by Gasteiger charge is 2.25. The van der Waals surface area contributed by atoms with Crippen LogP contribution in [0.15, 0.2) is 18.2 Å². The molecule has 0 bridgehead atoms. The molecule has 1 fully saturated rings. The monoisotopic (exact) mass is 406 g/mol. The molecule has 1 aromatic carbocycles. The summed E-state index contributed by atoms with van der Waals surface area (Å²) in [6, 6.07) is 3.28. The Kier molecular flexibility index (Phi) is 6.53. The Labute approximate surface area is 165 Å². The number of Topliss-reactive ketones (excluding diaryl/α,β-unsaturated/α-hetero) is 1. The van der Waals surface area contributed by atoms with Gasteiger partial charge in [0, 0.05) is 6.54 Å². The molecule has 28 heavy (non-hydrogen) atoms. The number of amides is 1. The van der Waals surface area contributed by atoms with Gasteiger partial charge in [-0.15, -0.1) is 11.3 Å². The molecule has 0 spiro atoms. The minimum atomic E-state index is -0.732. The number of thiazole rings is 1. The number of fused-ring (bicyclic) bond motifs is 1. The zero-order valence-corrected chi connectivity index (χ0v) is 16.1. The number of aromatic nitrogens is 1. The van der Waals surface area contributed by atoms with Crippen molar-refractivity contribution in [1.29, 1.82) is 5.41 Å². The van der Waals surface area contributed by atoms with E-state index in [2.05, 4.69) is 20.9 Å². The van der Waals surface area contributed by atoms with E-state index in [1.807, 2.05) is 0 Å². The summed E-state index contributed by atoms with van der Waals surface area (Å²) in [5, 5.41) is 16.3. The zero-order valence-electron chi connectivity index (χ0n) is 15.3. The number of nitrogens with zero attached hydrogens (tertiary/aromatic N) is 1. The second kappa shape index (κ2) is 9.07. The molecule has 2 heterocycles. The lowest BCUT2D eigenvalue weighted by Gasteiger charge is -2.17. The van der Waals surface area contributed by atoms with Crippen molar-refractivity contribution in [2.75, 3.05) is 13.1 Å². The van der Waals surface area contributed by atoms with Gasteiger partial charge in [0.25, 0.3) is 0 Å². The summed E-state index contributed by atoms with van der Waals surface area (Å²) < 4.78 is 13.9. The van der Waals surface area contributed by atoms with Gasteiger partial charge in [0.05, 0.1) is 22.3 Å². The summed E-state index contributed by atoms with van der Waals surface area (Å²) in [5.41, 5.74) is 5.96. The Morgan fingerprint density at radius 2 is 2.29 bits per heavy atom. The minimum absolute atomic E-state index is 0.0342. The highest BCUT2D eigenvalue weighted by molar-refractivity contribution is 7.20. The van der Waals surface area contributed by atoms with E-state index < -0.39 is 6.04 Å². The lowest BCUT2D eigenvalue weighted by molar-refractivity contribution is -0.122. The van der Waals surface area contributed by atoms with Crippen LogP contribution in [0.1, 0.15) is 35.5 Å². The number of carbonyl (C=O) groups excluding carboxylic acids is 2. The summed E-state index contributed by atoms with van der Waals surface area (Å²) in [4.78, 5) is 29.1. The van der Waals surface area contributed by atoms with Crippen LogP contribution in [0.4, 0.5) is 4.39 Å². The average molecular weight is 406 g/mol. The molecule has 1 aliphatic heterocycles. The Balaban J connectivity index is 1.59.